The van der Waals surface area contributed by atoms with E-state index in [4.69, 9.17) is 14.2 Å². The highest BCUT2D eigenvalue weighted by Crippen LogP contribution is 2.23. The number of methoxy groups -OCH3 is 2. The molecule has 1 N–H and O–H groups in total. The van der Waals surface area contributed by atoms with Crippen LogP contribution in [0.5, 0.6) is 5.75 Å². The Balaban J connectivity index is 1.99. The number of esters is 1. The Labute approximate surface area is 161 Å². The highest BCUT2D eigenvalue weighted by atomic mass is 16.6. The number of hydrogen-bond acceptors (Lipinski definition) is 6. The molecule has 0 bridgehead atoms. The number of ether oxygens (including phenoxy) is 3. The van der Waals surface area contributed by atoms with Crippen LogP contribution in [0.25, 0.3) is 0 Å². The number of amides is 1. The second kappa shape index (κ2) is 9.08. The van der Waals surface area contributed by atoms with E-state index in [1.807, 2.05) is 26.8 Å². The van der Waals surface area contributed by atoms with Gasteiger partial charge in [0.05, 0.1) is 14.2 Å². The minimum atomic E-state index is -0.508. The molecule has 0 aliphatic carbocycles. The molecule has 1 atom stereocenters. The van der Waals surface area contributed by atoms with E-state index in [1.54, 1.807) is 12.1 Å². The molecule has 7 nitrogen and oxygen atoms in total. The molecule has 2 rings (SSSR count). The standard InChI is InChI=1S/C20H30N2O5/c1-20(2,3)27-19(24)21-15-7-6-10-22(13-15)12-14-8-9-17(25-4)16(11-14)18(23)26-5/h8-9,11,15H,6-7,10,12-13H2,1-5H3,(H,21,24)/t15-/m1/s1. The SMILES string of the molecule is COC(=O)c1cc(CN2CCC[C@@H](NC(=O)OC(C)(C)C)C2)ccc1OC. The molecule has 0 spiro atoms. The monoisotopic (exact) mass is 378 g/mol. The number of benzene rings is 1. The second-order valence-electron chi connectivity index (χ2n) is 7.75. The van der Waals surface area contributed by atoms with Gasteiger partial charge in [0.15, 0.2) is 0 Å². The number of rotatable bonds is 5. The van der Waals surface area contributed by atoms with Crippen molar-refractivity contribution < 1.29 is 23.8 Å². The smallest absolute Gasteiger partial charge is 0.407 e. The van der Waals surface area contributed by atoms with Crippen LogP contribution in [0.3, 0.4) is 0 Å². The molecular weight excluding hydrogens is 348 g/mol. The molecule has 1 aliphatic heterocycles. The van der Waals surface area contributed by atoms with Gasteiger partial charge in [-0.25, -0.2) is 9.59 Å². The van der Waals surface area contributed by atoms with Crippen molar-refractivity contribution in [2.45, 2.75) is 51.8 Å². The zero-order valence-electron chi connectivity index (χ0n) is 16.8. The Morgan fingerprint density at radius 3 is 2.63 bits per heavy atom. The molecule has 1 saturated heterocycles. The molecule has 0 saturated carbocycles. The molecule has 1 aromatic carbocycles. The lowest BCUT2D eigenvalue weighted by molar-refractivity contribution is 0.0469. The normalized spacial score (nSPS) is 17.9. The van der Waals surface area contributed by atoms with Crippen molar-refractivity contribution in [1.29, 1.82) is 0 Å². The summed E-state index contributed by atoms with van der Waals surface area (Å²) >= 11 is 0. The fourth-order valence-electron chi connectivity index (χ4n) is 3.17. The van der Waals surface area contributed by atoms with Crippen LogP contribution in [-0.2, 0) is 16.0 Å². The maximum Gasteiger partial charge on any atom is 0.407 e. The Bertz CT molecular complexity index is 669. The molecule has 0 aromatic heterocycles. The number of carbonyl (C=O) groups excluding carboxylic acids is 2. The van der Waals surface area contributed by atoms with Gasteiger partial charge in [-0.2, -0.15) is 0 Å². The van der Waals surface area contributed by atoms with Gasteiger partial charge in [-0.1, -0.05) is 6.07 Å². The van der Waals surface area contributed by atoms with Crippen LogP contribution in [0.15, 0.2) is 18.2 Å². The predicted octanol–water partition coefficient (Wildman–Crippen LogP) is 2.97. The number of nitrogens with one attached hydrogen (secondary N) is 1. The van der Waals surface area contributed by atoms with Crippen molar-refractivity contribution in [2.75, 3.05) is 27.3 Å². The van der Waals surface area contributed by atoms with Crippen molar-refractivity contribution in [3.05, 3.63) is 29.3 Å². The van der Waals surface area contributed by atoms with Crippen LogP contribution < -0.4 is 10.1 Å². The van der Waals surface area contributed by atoms with Crippen LogP contribution in [0.4, 0.5) is 4.79 Å². The summed E-state index contributed by atoms with van der Waals surface area (Å²) in [5.74, 6) is 0.0746. The minimum absolute atomic E-state index is 0.0481. The third-order valence-electron chi connectivity index (χ3n) is 4.30. The number of piperidine rings is 1. The molecule has 1 aromatic rings. The van der Waals surface area contributed by atoms with E-state index in [0.717, 1.165) is 31.5 Å². The molecule has 0 radical (unpaired) electrons. The van der Waals surface area contributed by atoms with Crippen molar-refractivity contribution in [2.24, 2.45) is 0 Å². The van der Waals surface area contributed by atoms with Gasteiger partial charge >= 0.3 is 12.1 Å². The second-order valence-corrected chi connectivity index (χ2v) is 7.75. The van der Waals surface area contributed by atoms with Gasteiger partial charge in [0, 0.05) is 19.1 Å². The summed E-state index contributed by atoms with van der Waals surface area (Å²) in [6.45, 7) is 7.90. The molecule has 1 fully saturated rings. The highest BCUT2D eigenvalue weighted by Gasteiger charge is 2.24. The van der Waals surface area contributed by atoms with E-state index >= 15 is 0 Å². The summed E-state index contributed by atoms with van der Waals surface area (Å²) < 4.78 is 15.4. The third-order valence-corrected chi connectivity index (χ3v) is 4.30. The average Bonchev–Trinajstić information content (AvgIpc) is 2.59. The first kappa shape index (κ1) is 21.0. The van der Waals surface area contributed by atoms with E-state index < -0.39 is 11.6 Å². The largest absolute Gasteiger partial charge is 0.496 e. The van der Waals surface area contributed by atoms with Crippen LogP contribution in [-0.4, -0.2) is 55.9 Å². The lowest BCUT2D eigenvalue weighted by atomic mass is 10.0. The zero-order valence-corrected chi connectivity index (χ0v) is 16.8. The maximum atomic E-state index is 12.0. The molecule has 150 valence electrons. The molecule has 0 unspecified atom stereocenters. The summed E-state index contributed by atoms with van der Waals surface area (Å²) in [5.41, 5.74) is 0.901. The first-order valence-electron chi connectivity index (χ1n) is 9.19. The quantitative estimate of drug-likeness (QED) is 0.794. The fraction of sp³-hybridized carbons (Fsp3) is 0.600. The number of likely N-dealkylation sites (tertiary alicyclic amines) is 1. The van der Waals surface area contributed by atoms with Crippen LogP contribution in [0.2, 0.25) is 0 Å². The summed E-state index contributed by atoms with van der Waals surface area (Å²) in [6, 6.07) is 5.57. The third kappa shape index (κ3) is 6.43. The predicted molar refractivity (Wildman–Crippen MR) is 102 cm³/mol. The Morgan fingerprint density at radius 2 is 2.00 bits per heavy atom. The summed E-state index contributed by atoms with van der Waals surface area (Å²) in [4.78, 5) is 26.2. The van der Waals surface area contributed by atoms with Crippen molar-refractivity contribution in [1.82, 2.24) is 10.2 Å². The van der Waals surface area contributed by atoms with Crippen molar-refractivity contribution >= 4 is 12.1 Å². The van der Waals surface area contributed by atoms with E-state index in [2.05, 4.69) is 10.2 Å². The lowest BCUT2D eigenvalue weighted by Gasteiger charge is -2.33. The van der Waals surface area contributed by atoms with Crippen molar-refractivity contribution in [3.8, 4) is 5.75 Å². The van der Waals surface area contributed by atoms with Gasteiger partial charge in [-0.3, -0.25) is 4.90 Å². The minimum Gasteiger partial charge on any atom is -0.496 e. The first-order chi connectivity index (χ1) is 12.7. The van der Waals surface area contributed by atoms with Gasteiger partial charge in [0.1, 0.15) is 16.9 Å². The van der Waals surface area contributed by atoms with Crippen LogP contribution in [0, 0.1) is 0 Å². The average molecular weight is 378 g/mol. The fourth-order valence-corrected chi connectivity index (χ4v) is 3.17. The molecule has 7 heteroatoms. The highest BCUT2D eigenvalue weighted by molar-refractivity contribution is 5.92. The summed E-state index contributed by atoms with van der Waals surface area (Å²) in [6.07, 6.45) is 1.53. The van der Waals surface area contributed by atoms with Gasteiger partial charge < -0.3 is 19.5 Å². The van der Waals surface area contributed by atoms with E-state index in [-0.39, 0.29) is 12.1 Å². The van der Waals surface area contributed by atoms with Gasteiger partial charge in [-0.15, -0.1) is 0 Å². The Morgan fingerprint density at radius 1 is 1.26 bits per heavy atom. The summed E-state index contributed by atoms with van der Waals surface area (Å²) in [5, 5.41) is 2.95. The Kier molecular flexibility index (Phi) is 7.07. The molecule has 1 amide bonds. The van der Waals surface area contributed by atoms with Crippen LogP contribution >= 0.6 is 0 Å². The molecule has 27 heavy (non-hydrogen) atoms. The van der Waals surface area contributed by atoms with E-state index in [1.165, 1.54) is 14.2 Å². The molecule has 1 heterocycles. The lowest BCUT2D eigenvalue weighted by Crippen LogP contribution is -2.48. The summed E-state index contributed by atoms with van der Waals surface area (Å²) in [7, 11) is 2.88. The first-order valence-corrected chi connectivity index (χ1v) is 9.19. The topological polar surface area (TPSA) is 77.1 Å². The molecular formula is C20H30N2O5. The van der Waals surface area contributed by atoms with E-state index in [9.17, 15) is 9.59 Å². The number of carbonyl (C=O) groups is 2. The Hall–Kier alpha value is -2.28. The zero-order chi connectivity index (χ0) is 20.0. The van der Waals surface area contributed by atoms with Gasteiger partial charge in [-0.05, 0) is 57.9 Å². The van der Waals surface area contributed by atoms with Crippen molar-refractivity contribution in [3.63, 3.8) is 0 Å². The van der Waals surface area contributed by atoms with Crippen LogP contribution in [0.1, 0.15) is 49.5 Å². The number of alkyl carbamates (subject to hydrolysis) is 1. The van der Waals surface area contributed by atoms with Gasteiger partial charge in [0.2, 0.25) is 0 Å². The number of nitrogens with zero attached hydrogens (tertiary/aromatic N) is 1. The number of hydrogen-bond donors (Lipinski definition) is 1. The maximum absolute atomic E-state index is 12.0. The van der Waals surface area contributed by atoms with Gasteiger partial charge in [0.25, 0.3) is 0 Å². The molecule has 1 aliphatic rings. The van der Waals surface area contributed by atoms with E-state index in [0.29, 0.717) is 17.9 Å².